The fraction of sp³-hybridized carbons (Fsp3) is 0.259. The number of rotatable bonds is 4. The largest absolute Gasteiger partial charge is 0.493 e. The molecule has 0 aliphatic carbocycles. The lowest BCUT2D eigenvalue weighted by molar-refractivity contribution is -0.131. The van der Waals surface area contributed by atoms with Crippen molar-refractivity contribution >= 4 is 34.9 Å². The summed E-state index contributed by atoms with van der Waals surface area (Å²) in [6, 6.07) is 17.2. The van der Waals surface area contributed by atoms with E-state index in [2.05, 4.69) is 10.6 Å². The summed E-state index contributed by atoms with van der Waals surface area (Å²) < 4.78 is 12.1. The maximum Gasteiger partial charge on any atom is 0.325 e. The van der Waals surface area contributed by atoms with Gasteiger partial charge < -0.3 is 20.1 Å². The van der Waals surface area contributed by atoms with Gasteiger partial charge >= 0.3 is 6.03 Å². The second-order valence-corrected chi connectivity index (χ2v) is 9.50. The molecular weight excluding hydrogens is 466 g/mol. The van der Waals surface area contributed by atoms with Crippen LogP contribution in [0.4, 0.5) is 16.2 Å². The lowest BCUT2D eigenvalue weighted by Gasteiger charge is -2.54. The molecule has 0 unspecified atom stereocenters. The molecule has 35 heavy (non-hydrogen) atoms. The zero-order valence-corrected chi connectivity index (χ0v) is 20.6. The van der Waals surface area contributed by atoms with Crippen molar-refractivity contribution < 1.29 is 19.1 Å². The summed E-state index contributed by atoms with van der Waals surface area (Å²) in [4.78, 5) is 28.8. The van der Waals surface area contributed by atoms with Crippen molar-refractivity contribution in [2.45, 2.75) is 32.5 Å². The number of para-hydroxylation sites is 1. The first-order chi connectivity index (χ1) is 16.7. The molecule has 3 aromatic carbocycles. The van der Waals surface area contributed by atoms with Crippen LogP contribution in [-0.2, 0) is 4.79 Å². The highest BCUT2D eigenvalue weighted by atomic mass is 35.5. The fourth-order valence-corrected chi connectivity index (χ4v) is 5.28. The van der Waals surface area contributed by atoms with E-state index in [1.54, 1.807) is 44.4 Å². The Morgan fingerprint density at radius 1 is 1.14 bits per heavy atom. The van der Waals surface area contributed by atoms with Gasteiger partial charge in [-0.25, -0.2) is 4.79 Å². The van der Waals surface area contributed by atoms with Gasteiger partial charge in [0.05, 0.1) is 18.8 Å². The number of ether oxygens (including phenoxy) is 2. The van der Waals surface area contributed by atoms with Gasteiger partial charge in [-0.05, 0) is 56.7 Å². The molecule has 0 spiro atoms. The molecule has 0 saturated carbocycles. The van der Waals surface area contributed by atoms with Gasteiger partial charge in [0.25, 0.3) is 0 Å². The predicted molar refractivity (Wildman–Crippen MR) is 135 cm³/mol. The van der Waals surface area contributed by atoms with E-state index < -0.39 is 17.7 Å². The minimum absolute atomic E-state index is 0.273. The van der Waals surface area contributed by atoms with Gasteiger partial charge in [-0.3, -0.25) is 9.69 Å². The monoisotopic (exact) mass is 491 g/mol. The van der Waals surface area contributed by atoms with Crippen LogP contribution in [0.5, 0.6) is 11.5 Å². The summed E-state index contributed by atoms with van der Waals surface area (Å²) in [5.74, 6) is -0.0521. The molecule has 8 heteroatoms. The highest BCUT2D eigenvalue weighted by Crippen LogP contribution is 2.52. The molecule has 0 radical (unpaired) electrons. The van der Waals surface area contributed by atoms with Gasteiger partial charge in [0.1, 0.15) is 5.92 Å². The standard InChI is InChI=1S/C27H26ClN3O4/c1-15-11-12-20(16(2)13-15)29-25(32)22-23-19-9-6-10-21(34-4)24(19)35-27(22,3)31(26(33)30-23)18-8-5-7-17(28)14-18/h5-14,22-23H,1-4H3,(H,29,32)(H,30,33)/t22-,23-,27+/m1/s1. The van der Waals surface area contributed by atoms with Crippen molar-refractivity contribution in [2.75, 3.05) is 17.3 Å². The number of methoxy groups -OCH3 is 1. The smallest absolute Gasteiger partial charge is 0.325 e. The average Bonchev–Trinajstić information content (AvgIpc) is 2.80. The predicted octanol–water partition coefficient (Wildman–Crippen LogP) is 5.60. The number of halogens is 1. The molecule has 2 aliphatic rings. The van der Waals surface area contributed by atoms with Crippen LogP contribution in [0.1, 0.15) is 29.7 Å². The molecule has 180 valence electrons. The highest BCUT2D eigenvalue weighted by molar-refractivity contribution is 6.31. The van der Waals surface area contributed by atoms with E-state index in [0.717, 1.165) is 11.1 Å². The van der Waals surface area contributed by atoms with Crippen LogP contribution in [0.3, 0.4) is 0 Å². The Morgan fingerprint density at radius 2 is 1.91 bits per heavy atom. The molecule has 2 bridgehead atoms. The van der Waals surface area contributed by atoms with E-state index >= 15 is 0 Å². The summed E-state index contributed by atoms with van der Waals surface area (Å²) in [5, 5.41) is 6.56. The lowest BCUT2D eigenvalue weighted by Crippen LogP contribution is -2.72. The van der Waals surface area contributed by atoms with Crippen LogP contribution in [0.25, 0.3) is 0 Å². The second-order valence-electron chi connectivity index (χ2n) is 9.06. The number of carbonyl (C=O) groups is 2. The first-order valence-corrected chi connectivity index (χ1v) is 11.7. The van der Waals surface area contributed by atoms with Crippen LogP contribution in [0, 0.1) is 19.8 Å². The molecule has 1 fully saturated rings. The Labute approximate surface area is 209 Å². The van der Waals surface area contributed by atoms with Crippen LogP contribution in [-0.4, -0.2) is 24.8 Å². The van der Waals surface area contributed by atoms with Gasteiger partial charge in [-0.1, -0.05) is 47.5 Å². The second kappa shape index (κ2) is 8.50. The third-order valence-corrected chi connectivity index (χ3v) is 6.93. The van der Waals surface area contributed by atoms with Gasteiger partial charge in [0.2, 0.25) is 11.6 Å². The van der Waals surface area contributed by atoms with Gasteiger partial charge in [0, 0.05) is 16.3 Å². The van der Waals surface area contributed by atoms with E-state index in [0.29, 0.717) is 33.5 Å². The number of carbonyl (C=O) groups excluding carboxylic acids is 2. The molecule has 3 amide bonds. The Bertz CT molecular complexity index is 1340. The Kier molecular flexibility index (Phi) is 5.60. The molecular formula is C27H26ClN3O4. The third-order valence-electron chi connectivity index (χ3n) is 6.70. The number of nitrogens with one attached hydrogen (secondary N) is 2. The normalized spacial score (nSPS) is 22.5. The molecule has 7 nitrogen and oxygen atoms in total. The quantitative estimate of drug-likeness (QED) is 0.498. The van der Waals surface area contributed by atoms with Crippen molar-refractivity contribution in [3.63, 3.8) is 0 Å². The van der Waals surface area contributed by atoms with Gasteiger partial charge in [0.15, 0.2) is 11.5 Å². The van der Waals surface area contributed by atoms with E-state index in [9.17, 15) is 9.59 Å². The number of anilines is 2. The fourth-order valence-electron chi connectivity index (χ4n) is 5.10. The molecule has 2 aliphatic heterocycles. The third kappa shape index (κ3) is 3.76. The molecule has 3 aromatic rings. The van der Waals surface area contributed by atoms with Crippen LogP contribution in [0.2, 0.25) is 5.02 Å². The van der Waals surface area contributed by atoms with Gasteiger partial charge in [-0.2, -0.15) is 0 Å². The van der Waals surface area contributed by atoms with Crippen molar-refractivity contribution in [2.24, 2.45) is 5.92 Å². The Balaban J connectivity index is 1.65. The van der Waals surface area contributed by atoms with Gasteiger partial charge in [-0.15, -0.1) is 0 Å². The molecule has 3 atom stereocenters. The van der Waals surface area contributed by atoms with E-state index in [4.69, 9.17) is 21.1 Å². The number of fused-ring (bicyclic) bond motifs is 4. The summed E-state index contributed by atoms with van der Waals surface area (Å²) in [7, 11) is 1.56. The SMILES string of the molecule is COc1cccc2c1O[C@@]1(C)[C@@H](C(=O)Nc3ccc(C)cc3C)[C@@H]2NC(=O)N1c1cccc(Cl)c1. The number of benzene rings is 3. The molecule has 1 saturated heterocycles. The number of urea groups is 1. The summed E-state index contributed by atoms with van der Waals surface area (Å²) in [6.07, 6.45) is 0. The topological polar surface area (TPSA) is 79.9 Å². The first-order valence-electron chi connectivity index (χ1n) is 11.3. The maximum atomic E-state index is 13.9. The van der Waals surface area contributed by atoms with Crippen molar-refractivity contribution in [3.8, 4) is 11.5 Å². The van der Waals surface area contributed by atoms with E-state index in [-0.39, 0.29) is 11.9 Å². The number of hydrogen-bond acceptors (Lipinski definition) is 4. The van der Waals surface area contributed by atoms with Crippen molar-refractivity contribution in [1.82, 2.24) is 5.32 Å². The summed E-state index contributed by atoms with van der Waals surface area (Å²) in [5.41, 5.74) is 2.58. The minimum atomic E-state index is -1.37. The number of hydrogen-bond donors (Lipinski definition) is 2. The maximum absolute atomic E-state index is 13.9. The van der Waals surface area contributed by atoms with Crippen molar-refractivity contribution in [1.29, 1.82) is 0 Å². The number of nitrogens with zero attached hydrogens (tertiary/aromatic N) is 1. The number of amides is 3. The minimum Gasteiger partial charge on any atom is -0.493 e. The zero-order chi connectivity index (χ0) is 24.9. The molecule has 2 heterocycles. The van der Waals surface area contributed by atoms with E-state index in [1.165, 1.54) is 4.90 Å². The Morgan fingerprint density at radius 3 is 2.63 bits per heavy atom. The molecule has 5 rings (SSSR count). The molecule has 2 N–H and O–H groups in total. The average molecular weight is 492 g/mol. The van der Waals surface area contributed by atoms with Crippen LogP contribution < -0.4 is 25.0 Å². The molecule has 0 aromatic heterocycles. The van der Waals surface area contributed by atoms with Crippen LogP contribution >= 0.6 is 11.6 Å². The first kappa shape index (κ1) is 23.1. The number of aryl methyl sites for hydroxylation is 2. The van der Waals surface area contributed by atoms with Crippen molar-refractivity contribution in [3.05, 3.63) is 82.4 Å². The summed E-state index contributed by atoms with van der Waals surface area (Å²) in [6.45, 7) is 5.70. The lowest BCUT2D eigenvalue weighted by atomic mass is 9.78. The van der Waals surface area contributed by atoms with Crippen LogP contribution in [0.15, 0.2) is 60.7 Å². The summed E-state index contributed by atoms with van der Waals surface area (Å²) >= 11 is 6.26. The zero-order valence-electron chi connectivity index (χ0n) is 19.9. The van der Waals surface area contributed by atoms with E-state index in [1.807, 2.05) is 44.2 Å². The Hall–Kier alpha value is -3.71. The highest BCUT2D eigenvalue weighted by Gasteiger charge is 2.60.